The minimum absolute atomic E-state index is 0.638. The Morgan fingerprint density at radius 3 is 2.58 bits per heavy atom. The van der Waals surface area contributed by atoms with Crippen LogP contribution in [0.4, 0.5) is 17.1 Å². The number of rotatable bonds is 3. The molecule has 0 radical (unpaired) electrons. The van der Waals surface area contributed by atoms with E-state index in [2.05, 4.69) is 44.3 Å². The average molecular weight is 316 g/mol. The van der Waals surface area contributed by atoms with Gasteiger partial charge in [-0.1, -0.05) is 6.07 Å². The smallest absolute Gasteiger partial charge is 0.0992 e. The molecule has 0 heterocycles. The maximum Gasteiger partial charge on any atom is 0.0992 e. The molecule has 0 spiro atoms. The molecule has 0 aliphatic heterocycles. The van der Waals surface area contributed by atoms with Crippen LogP contribution in [0.2, 0.25) is 0 Å². The molecule has 0 saturated carbocycles. The van der Waals surface area contributed by atoms with Crippen molar-refractivity contribution in [2.75, 3.05) is 24.3 Å². The van der Waals surface area contributed by atoms with Crippen LogP contribution in [0, 0.1) is 11.3 Å². The zero-order valence-electron chi connectivity index (χ0n) is 10.8. The highest BCUT2D eigenvalue weighted by molar-refractivity contribution is 9.10. The van der Waals surface area contributed by atoms with Gasteiger partial charge >= 0.3 is 0 Å². The summed E-state index contributed by atoms with van der Waals surface area (Å²) >= 11 is 3.47. The molecular weight excluding hydrogens is 302 g/mol. The summed E-state index contributed by atoms with van der Waals surface area (Å²) in [6.07, 6.45) is 0. The predicted octanol–water partition coefficient (Wildman–Crippen LogP) is 4.13. The first kappa shape index (κ1) is 13.4. The van der Waals surface area contributed by atoms with Crippen LogP contribution in [0.25, 0.3) is 0 Å². The molecule has 2 aromatic rings. The van der Waals surface area contributed by atoms with Crippen molar-refractivity contribution in [3.05, 3.63) is 52.5 Å². The Bertz CT molecular complexity index is 630. The molecule has 2 aromatic carbocycles. The molecule has 3 nitrogen and oxygen atoms in total. The van der Waals surface area contributed by atoms with Crippen molar-refractivity contribution < 1.29 is 0 Å². The monoisotopic (exact) mass is 315 g/mol. The van der Waals surface area contributed by atoms with Crippen LogP contribution in [-0.4, -0.2) is 14.1 Å². The van der Waals surface area contributed by atoms with Crippen molar-refractivity contribution in [2.45, 2.75) is 0 Å². The van der Waals surface area contributed by atoms with Crippen molar-refractivity contribution in [1.29, 1.82) is 5.26 Å². The molecule has 4 heteroatoms. The van der Waals surface area contributed by atoms with Gasteiger partial charge in [0.15, 0.2) is 0 Å². The first-order chi connectivity index (χ1) is 9.10. The molecule has 0 atom stereocenters. The van der Waals surface area contributed by atoms with Gasteiger partial charge in [-0.3, -0.25) is 0 Å². The lowest BCUT2D eigenvalue weighted by Crippen LogP contribution is -2.08. The lowest BCUT2D eigenvalue weighted by atomic mass is 10.2. The third-order valence-electron chi connectivity index (χ3n) is 2.74. The van der Waals surface area contributed by atoms with Crippen molar-refractivity contribution in [3.8, 4) is 6.07 Å². The number of benzene rings is 2. The van der Waals surface area contributed by atoms with E-state index in [4.69, 9.17) is 5.26 Å². The maximum atomic E-state index is 8.84. The number of nitrogens with one attached hydrogen (secondary N) is 1. The Morgan fingerprint density at radius 1 is 1.16 bits per heavy atom. The highest BCUT2D eigenvalue weighted by atomic mass is 79.9. The quantitative estimate of drug-likeness (QED) is 0.925. The summed E-state index contributed by atoms with van der Waals surface area (Å²) in [6, 6.07) is 15.8. The molecule has 0 saturated heterocycles. The van der Waals surface area contributed by atoms with Crippen LogP contribution in [0.1, 0.15) is 5.56 Å². The second-order valence-electron chi connectivity index (χ2n) is 4.38. The van der Waals surface area contributed by atoms with Gasteiger partial charge in [-0.05, 0) is 52.3 Å². The molecular formula is C15H14BrN3. The molecule has 0 amide bonds. The summed E-state index contributed by atoms with van der Waals surface area (Å²) in [5, 5.41) is 12.2. The first-order valence-electron chi connectivity index (χ1n) is 5.84. The second kappa shape index (κ2) is 5.77. The molecule has 96 valence electrons. The average Bonchev–Trinajstić information content (AvgIpc) is 2.41. The number of hydrogen-bond acceptors (Lipinski definition) is 3. The van der Waals surface area contributed by atoms with Gasteiger partial charge in [0.25, 0.3) is 0 Å². The van der Waals surface area contributed by atoms with Gasteiger partial charge in [0.1, 0.15) is 0 Å². The Labute approximate surface area is 121 Å². The van der Waals surface area contributed by atoms with Gasteiger partial charge < -0.3 is 10.2 Å². The van der Waals surface area contributed by atoms with Crippen molar-refractivity contribution in [1.82, 2.24) is 0 Å². The van der Waals surface area contributed by atoms with Gasteiger partial charge in [-0.2, -0.15) is 5.26 Å². The number of nitrogens with zero attached hydrogens (tertiary/aromatic N) is 2. The van der Waals surface area contributed by atoms with Crippen LogP contribution in [0.5, 0.6) is 0 Å². The van der Waals surface area contributed by atoms with E-state index in [9.17, 15) is 0 Å². The summed E-state index contributed by atoms with van der Waals surface area (Å²) < 4.78 is 0.877. The number of anilines is 3. The predicted molar refractivity (Wildman–Crippen MR) is 82.9 cm³/mol. The van der Waals surface area contributed by atoms with Crippen LogP contribution < -0.4 is 10.2 Å². The highest BCUT2D eigenvalue weighted by Gasteiger charge is 2.03. The molecule has 0 bridgehead atoms. The summed E-state index contributed by atoms with van der Waals surface area (Å²) in [5.41, 5.74) is 3.72. The van der Waals surface area contributed by atoms with Crippen molar-refractivity contribution in [3.63, 3.8) is 0 Å². The van der Waals surface area contributed by atoms with Crippen LogP contribution >= 0.6 is 15.9 Å². The fraction of sp³-hybridized carbons (Fsp3) is 0.133. The standard InChI is InChI=1S/C15H14BrN3/c1-19(2)13-5-3-4-12(9-13)18-15-7-6-11(10-17)8-14(15)16/h3-9,18H,1-2H3. The van der Waals surface area contributed by atoms with E-state index in [1.165, 1.54) is 0 Å². The number of halogens is 1. The lowest BCUT2D eigenvalue weighted by molar-refractivity contribution is 1.13. The Hall–Kier alpha value is -1.99. The summed E-state index contributed by atoms with van der Waals surface area (Å²) in [6.45, 7) is 0. The van der Waals surface area contributed by atoms with Gasteiger partial charge in [0, 0.05) is 29.9 Å². The second-order valence-corrected chi connectivity index (χ2v) is 5.23. The Morgan fingerprint density at radius 2 is 1.95 bits per heavy atom. The highest BCUT2D eigenvalue weighted by Crippen LogP contribution is 2.28. The summed E-state index contributed by atoms with van der Waals surface area (Å²) in [4.78, 5) is 2.05. The van der Waals surface area contributed by atoms with Gasteiger partial charge in [0.2, 0.25) is 0 Å². The van der Waals surface area contributed by atoms with Gasteiger partial charge in [-0.25, -0.2) is 0 Å². The Kier molecular flexibility index (Phi) is 4.08. The number of hydrogen-bond donors (Lipinski definition) is 1. The third-order valence-corrected chi connectivity index (χ3v) is 3.40. The largest absolute Gasteiger partial charge is 0.378 e. The van der Waals surface area contributed by atoms with Crippen LogP contribution in [0.15, 0.2) is 46.9 Å². The minimum Gasteiger partial charge on any atom is -0.378 e. The molecule has 0 aliphatic rings. The molecule has 1 N–H and O–H groups in total. The van der Waals surface area contributed by atoms with Crippen LogP contribution in [0.3, 0.4) is 0 Å². The molecule has 0 aromatic heterocycles. The summed E-state index contributed by atoms with van der Waals surface area (Å²) in [5.74, 6) is 0. The Balaban J connectivity index is 2.26. The van der Waals surface area contributed by atoms with Gasteiger partial charge in [-0.15, -0.1) is 0 Å². The zero-order chi connectivity index (χ0) is 13.8. The SMILES string of the molecule is CN(C)c1cccc(Nc2ccc(C#N)cc2Br)c1. The molecule has 19 heavy (non-hydrogen) atoms. The van der Waals surface area contributed by atoms with Gasteiger partial charge in [0.05, 0.1) is 17.3 Å². The summed E-state index contributed by atoms with van der Waals surface area (Å²) in [7, 11) is 4.02. The first-order valence-corrected chi connectivity index (χ1v) is 6.63. The third kappa shape index (κ3) is 3.27. The van der Waals surface area contributed by atoms with E-state index in [-0.39, 0.29) is 0 Å². The van der Waals surface area contributed by atoms with E-state index in [0.717, 1.165) is 21.5 Å². The fourth-order valence-corrected chi connectivity index (χ4v) is 2.18. The van der Waals surface area contributed by atoms with E-state index in [1.54, 1.807) is 12.1 Å². The number of nitriles is 1. The van der Waals surface area contributed by atoms with Crippen molar-refractivity contribution in [2.24, 2.45) is 0 Å². The lowest BCUT2D eigenvalue weighted by Gasteiger charge is -2.15. The fourth-order valence-electron chi connectivity index (χ4n) is 1.70. The van der Waals surface area contributed by atoms with E-state index in [1.807, 2.05) is 32.3 Å². The zero-order valence-corrected chi connectivity index (χ0v) is 12.4. The molecule has 0 fully saturated rings. The van der Waals surface area contributed by atoms with E-state index in [0.29, 0.717) is 5.56 Å². The normalized spacial score (nSPS) is 9.79. The molecule has 2 rings (SSSR count). The minimum atomic E-state index is 0.638. The van der Waals surface area contributed by atoms with Crippen LogP contribution in [-0.2, 0) is 0 Å². The maximum absolute atomic E-state index is 8.84. The molecule has 0 unspecified atom stereocenters. The van der Waals surface area contributed by atoms with E-state index >= 15 is 0 Å². The molecule has 0 aliphatic carbocycles. The van der Waals surface area contributed by atoms with Crippen molar-refractivity contribution >= 4 is 33.0 Å². The topological polar surface area (TPSA) is 39.1 Å². The van der Waals surface area contributed by atoms with E-state index < -0.39 is 0 Å².